The monoisotopic (exact) mass is 347 g/mol. The Morgan fingerprint density at radius 1 is 1.23 bits per heavy atom. The third-order valence-corrected chi connectivity index (χ3v) is 4.37. The van der Waals surface area contributed by atoms with E-state index in [2.05, 4.69) is 43.0 Å². The molecule has 1 aromatic carbocycles. The standard InChI is InChI=1S/C22H25N3O/c1-15-5-8-17-9-10-18(13-19(17)24-15)25-21(26)12-7-16-6-11-20(23-14-16)22(2,3)4/h6-7,9-14,24H,1,5,8H2,2-4H3,(H,25,26)/b12-7+. The molecule has 0 aliphatic carbocycles. The minimum atomic E-state index is -0.167. The molecule has 0 atom stereocenters. The number of nitrogens with zero attached hydrogens (tertiary/aromatic N) is 1. The van der Waals surface area contributed by atoms with Crippen LogP contribution in [0.3, 0.4) is 0 Å². The highest BCUT2D eigenvalue weighted by Crippen LogP contribution is 2.28. The van der Waals surface area contributed by atoms with Crippen LogP contribution in [0.15, 0.2) is 54.9 Å². The maximum atomic E-state index is 12.2. The lowest BCUT2D eigenvalue weighted by molar-refractivity contribution is -0.111. The number of anilines is 2. The first-order valence-electron chi connectivity index (χ1n) is 8.84. The summed E-state index contributed by atoms with van der Waals surface area (Å²) in [6.45, 7) is 10.4. The molecular weight excluding hydrogens is 322 g/mol. The number of hydrogen-bond donors (Lipinski definition) is 2. The number of fused-ring (bicyclic) bond motifs is 1. The lowest BCUT2D eigenvalue weighted by Gasteiger charge is -2.20. The number of carbonyl (C=O) groups excluding carboxylic acids is 1. The van der Waals surface area contributed by atoms with Crippen LogP contribution in [0.1, 0.15) is 44.0 Å². The van der Waals surface area contributed by atoms with E-state index in [-0.39, 0.29) is 11.3 Å². The van der Waals surface area contributed by atoms with E-state index in [1.165, 1.54) is 11.6 Å². The average molecular weight is 347 g/mol. The van der Waals surface area contributed by atoms with Gasteiger partial charge in [-0.15, -0.1) is 0 Å². The summed E-state index contributed by atoms with van der Waals surface area (Å²) in [6.07, 6.45) is 7.02. The lowest BCUT2D eigenvalue weighted by atomic mass is 9.91. The molecule has 0 unspecified atom stereocenters. The van der Waals surface area contributed by atoms with Crippen molar-refractivity contribution in [1.29, 1.82) is 0 Å². The zero-order valence-electron chi connectivity index (χ0n) is 15.6. The number of carbonyl (C=O) groups is 1. The van der Waals surface area contributed by atoms with Crippen LogP contribution in [0.25, 0.3) is 6.08 Å². The van der Waals surface area contributed by atoms with Gasteiger partial charge in [0.15, 0.2) is 0 Å². The molecule has 2 heterocycles. The van der Waals surface area contributed by atoms with Gasteiger partial charge in [-0.1, -0.05) is 39.5 Å². The van der Waals surface area contributed by atoms with E-state index in [0.717, 1.165) is 41.2 Å². The Labute approximate surface area is 155 Å². The third kappa shape index (κ3) is 4.39. The van der Waals surface area contributed by atoms with E-state index < -0.39 is 0 Å². The molecule has 1 aromatic heterocycles. The van der Waals surface area contributed by atoms with Gasteiger partial charge in [0.1, 0.15) is 0 Å². The van der Waals surface area contributed by atoms with Gasteiger partial charge in [-0.3, -0.25) is 9.78 Å². The van der Waals surface area contributed by atoms with Crippen molar-refractivity contribution in [3.8, 4) is 0 Å². The van der Waals surface area contributed by atoms with Crippen molar-refractivity contribution in [2.75, 3.05) is 10.6 Å². The summed E-state index contributed by atoms with van der Waals surface area (Å²) in [6, 6.07) is 9.90. The Morgan fingerprint density at radius 3 is 2.73 bits per heavy atom. The van der Waals surface area contributed by atoms with E-state index in [9.17, 15) is 4.79 Å². The number of aryl methyl sites for hydroxylation is 1. The Hall–Kier alpha value is -2.88. The SMILES string of the molecule is C=C1CCc2ccc(NC(=O)/C=C/c3ccc(C(C)(C)C)nc3)cc2N1. The third-order valence-electron chi connectivity index (χ3n) is 4.37. The lowest BCUT2D eigenvalue weighted by Crippen LogP contribution is -2.13. The maximum Gasteiger partial charge on any atom is 0.248 e. The minimum absolute atomic E-state index is 0.0193. The Kier molecular flexibility index (Phi) is 4.94. The van der Waals surface area contributed by atoms with Crippen LogP contribution in [-0.2, 0) is 16.6 Å². The van der Waals surface area contributed by atoms with Crippen molar-refractivity contribution in [3.05, 3.63) is 71.7 Å². The summed E-state index contributed by atoms with van der Waals surface area (Å²) in [7, 11) is 0. The summed E-state index contributed by atoms with van der Waals surface area (Å²) in [5.74, 6) is -0.167. The Morgan fingerprint density at radius 2 is 2.04 bits per heavy atom. The van der Waals surface area contributed by atoms with E-state index in [4.69, 9.17) is 0 Å². The number of pyridine rings is 1. The van der Waals surface area contributed by atoms with Gasteiger partial charge >= 0.3 is 0 Å². The van der Waals surface area contributed by atoms with Gasteiger partial charge < -0.3 is 10.6 Å². The number of amides is 1. The molecule has 4 heteroatoms. The van der Waals surface area contributed by atoms with Crippen molar-refractivity contribution < 1.29 is 4.79 Å². The summed E-state index contributed by atoms with van der Waals surface area (Å²) in [4.78, 5) is 16.7. The van der Waals surface area contributed by atoms with Gasteiger partial charge in [0, 0.05) is 40.5 Å². The van der Waals surface area contributed by atoms with Crippen LogP contribution in [-0.4, -0.2) is 10.9 Å². The number of allylic oxidation sites excluding steroid dienone is 1. The van der Waals surface area contributed by atoms with Crippen LogP contribution in [0.2, 0.25) is 0 Å². The molecule has 3 rings (SSSR count). The van der Waals surface area contributed by atoms with E-state index in [1.54, 1.807) is 12.3 Å². The zero-order chi connectivity index (χ0) is 18.7. The molecule has 2 aromatic rings. The fraction of sp³-hybridized carbons (Fsp3) is 0.273. The quantitative estimate of drug-likeness (QED) is 0.776. The summed E-state index contributed by atoms with van der Waals surface area (Å²) >= 11 is 0. The average Bonchev–Trinajstić information content (AvgIpc) is 2.59. The molecule has 1 amide bonds. The second-order valence-corrected chi connectivity index (χ2v) is 7.65. The highest BCUT2D eigenvalue weighted by Gasteiger charge is 2.14. The van der Waals surface area contributed by atoms with Gasteiger partial charge in [-0.05, 0) is 48.2 Å². The first-order valence-corrected chi connectivity index (χ1v) is 8.84. The molecule has 0 radical (unpaired) electrons. The molecular formula is C22H25N3O. The number of nitrogens with one attached hydrogen (secondary N) is 2. The van der Waals surface area contributed by atoms with Crippen LogP contribution < -0.4 is 10.6 Å². The first-order chi connectivity index (χ1) is 12.3. The largest absolute Gasteiger partial charge is 0.359 e. The van der Waals surface area contributed by atoms with Crippen LogP contribution in [0.5, 0.6) is 0 Å². The van der Waals surface area contributed by atoms with Gasteiger partial charge in [-0.25, -0.2) is 0 Å². The molecule has 26 heavy (non-hydrogen) atoms. The van der Waals surface area contributed by atoms with Gasteiger partial charge in [0.25, 0.3) is 0 Å². The highest BCUT2D eigenvalue weighted by molar-refractivity contribution is 6.02. The fourth-order valence-electron chi connectivity index (χ4n) is 2.83. The number of rotatable bonds is 3. The molecule has 0 fully saturated rings. The Balaban J connectivity index is 1.64. The van der Waals surface area contributed by atoms with Crippen LogP contribution in [0, 0.1) is 0 Å². The second-order valence-electron chi connectivity index (χ2n) is 7.65. The molecule has 4 nitrogen and oxygen atoms in total. The maximum absolute atomic E-state index is 12.2. The molecule has 134 valence electrons. The van der Waals surface area contributed by atoms with Gasteiger partial charge in [0.2, 0.25) is 5.91 Å². The van der Waals surface area contributed by atoms with E-state index >= 15 is 0 Å². The fourth-order valence-corrected chi connectivity index (χ4v) is 2.83. The van der Waals surface area contributed by atoms with Gasteiger partial charge in [0.05, 0.1) is 0 Å². The smallest absolute Gasteiger partial charge is 0.248 e. The molecule has 1 aliphatic heterocycles. The second kappa shape index (κ2) is 7.16. The van der Waals surface area contributed by atoms with Crippen molar-refractivity contribution in [1.82, 2.24) is 4.98 Å². The highest BCUT2D eigenvalue weighted by atomic mass is 16.1. The Bertz CT molecular complexity index is 858. The van der Waals surface area contributed by atoms with Gasteiger partial charge in [-0.2, -0.15) is 0 Å². The summed E-state index contributed by atoms with van der Waals surface area (Å²) in [5.41, 5.74) is 5.99. The predicted molar refractivity (Wildman–Crippen MR) is 108 cm³/mol. The number of hydrogen-bond acceptors (Lipinski definition) is 3. The van der Waals surface area contributed by atoms with E-state index in [1.807, 2.05) is 30.3 Å². The van der Waals surface area contributed by atoms with Crippen molar-refractivity contribution >= 4 is 23.4 Å². The topological polar surface area (TPSA) is 54.0 Å². The minimum Gasteiger partial charge on any atom is -0.359 e. The molecule has 0 bridgehead atoms. The molecule has 0 spiro atoms. The zero-order valence-corrected chi connectivity index (χ0v) is 15.6. The van der Waals surface area contributed by atoms with Crippen molar-refractivity contribution in [2.24, 2.45) is 0 Å². The number of aromatic nitrogens is 1. The first kappa shape index (κ1) is 17.9. The summed E-state index contributed by atoms with van der Waals surface area (Å²) < 4.78 is 0. The molecule has 0 saturated heterocycles. The molecule has 0 saturated carbocycles. The predicted octanol–water partition coefficient (Wildman–Crippen LogP) is 4.90. The van der Waals surface area contributed by atoms with Crippen LogP contribution >= 0.6 is 0 Å². The normalized spacial score (nSPS) is 14.0. The number of benzene rings is 1. The molecule has 1 aliphatic rings. The van der Waals surface area contributed by atoms with Crippen molar-refractivity contribution in [3.63, 3.8) is 0 Å². The van der Waals surface area contributed by atoms with Crippen molar-refractivity contribution in [2.45, 2.75) is 39.0 Å². The summed E-state index contributed by atoms with van der Waals surface area (Å²) in [5, 5.41) is 6.17. The molecule has 2 N–H and O–H groups in total. The van der Waals surface area contributed by atoms with Crippen LogP contribution in [0.4, 0.5) is 11.4 Å². The van der Waals surface area contributed by atoms with E-state index in [0.29, 0.717) is 0 Å².